The molecule has 0 bridgehead atoms. The second kappa shape index (κ2) is 11.1. The highest BCUT2D eigenvalue weighted by atomic mass is 35.5. The number of amides is 2. The zero-order chi connectivity index (χ0) is 28.4. The van der Waals surface area contributed by atoms with Gasteiger partial charge in [-0.25, -0.2) is 4.68 Å². The molecule has 1 aliphatic heterocycles. The number of aliphatic hydroxyl groups excluding tert-OH is 1. The van der Waals surface area contributed by atoms with Gasteiger partial charge in [0.2, 0.25) is 5.88 Å². The van der Waals surface area contributed by atoms with Gasteiger partial charge in [0.25, 0.3) is 11.8 Å². The summed E-state index contributed by atoms with van der Waals surface area (Å²) in [6.45, 7) is 1.09. The van der Waals surface area contributed by atoms with Crippen molar-refractivity contribution in [2.24, 2.45) is 0 Å². The number of carbonyl (C=O) groups excluding carboxylic acids is 2. The van der Waals surface area contributed by atoms with Crippen molar-refractivity contribution >= 4 is 51.7 Å². The van der Waals surface area contributed by atoms with E-state index in [0.717, 1.165) is 0 Å². The molecule has 210 valence electrons. The Hall–Kier alpha value is -4.31. The third-order valence-corrected chi connectivity index (χ3v) is 6.56. The molecule has 3 atom stereocenters. The minimum atomic E-state index is -2.24. The van der Waals surface area contributed by atoms with Crippen LogP contribution in [-0.2, 0) is 14.3 Å². The van der Waals surface area contributed by atoms with Crippen molar-refractivity contribution < 1.29 is 33.8 Å². The molecule has 3 aromatic heterocycles. The normalized spacial score (nSPS) is 17.9. The summed E-state index contributed by atoms with van der Waals surface area (Å²) < 4.78 is 17.6. The van der Waals surface area contributed by atoms with Crippen LogP contribution in [0.15, 0.2) is 47.2 Å². The zero-order valence-corrected chi connectivity index (χ0v) is 21.9. The number of nitrogen functional groups attached to an aromatic ring is 1. The summed E-state index contributed by atoms with van der Waals surface area (Å²) in [5.74, 6) is -0.860. The van der Waals surface area contributed by atoms with E-state index in [-0.39, 0.29) is 43.2 Å². The number of nitrogens with one attached hydrogen (secondary N) is 1. The summed E-state index contributed by atoms with van der Waals surface area (Å²) in [5.41, 5.74) is 4.60. The van der Waals surface area contributed by atoms with Crippen molar-refractivity contribution in [3.05, 3.63) is 42.7 Å². The Kier molecular flexibility index (Phi) is 7.53. The van der Waals surface area contributed by atoms with E-state index in [4.69, 9.17) is 31.3 Å². The van der Waals surface area contributed by atoms with E-state index in [1.807, 2.05) is 0 Å². The van der Waals surface area contributed by atoms with Crippen LogP contribution < -0.4 is 20.7 Å². The minimum absolute atomic E-state index is 0.0474. The maximum absolute atomic E-state index is 13.4. The van der Waals surface area contributed by atoms with Crippen LogP contribution in [0.4, 0.5) is 17.3 Å². The monoisotopic (exact) mass is 572 g/mol. The number of nitrogens with two attached hydrogens (primary N) is 1. The average molecular weight is 573 g/mol. The maximum Gasteiger partial charge on any atom is 0.260 e. The number of carbonyl (C=O) groups is 2. The van der Waals surface area contributed by atoms with Crippen LogP contribution in [0, 0.1) is 0 Å². The van der Waals surface area contributed by atoms with Gasteiger partial charge in [-0.1, -0.05) is 5.16 Å². The Morgan fingerprint density at radius 3 is 2.98 bits per heavy atom. The molecule has 1 saturated heterocycles. The van der Waals surface area contributed by atoms with E-state index in [9.17, 15) is 19.8 Å². The lowest BCUT2D eigenvalue weighted by Crippen LogP contribution is -2.61. The number of hydrogen-bond donors (Lipinski definition) is 4. The molecule has 4 heterocycles. The van der Waals surface area contributed by atoms with E-state index >= 15 is 0 Å². The average Bonchev–Trinajstić information content (AvgIpc) is 3.59. The molecule has 2 amide bonds. The second-order valence-corrected chi connectivity index (χ2v) is 9.38. The summed E-state index contributed by atoms with van der Waals surface area (Å²) in [4.78, 5) is 27.8. The predicted molar refractivity (Wildman–Crippen MR) is 141 cm³/mol. The van der Waals surface area contributed by atoms with Crippen molar-refractivity contribution in [2.45, 2.75) is 24.7 Å². The summed E-state index contributed by atoms with van der Waals surface area (Å²) in [6, 6.07) is 7.81. The van der Waals surface area contributed by atoms with Crippen molar-refractivity contribution in [1.82, 2.24) is 25.1 Å². The summed E-state index contributed by atoms with van der Waals surface area (Å²) in [5, 5.41) is 39.4. The van der Waals surface area contributed by atoms with Gasteiger partial charge in [-0.3, -0.25) is 14.5 Å². The van der Waals surface area contributed by atoms with Gasteiger partial charge in [-0.05, 0) is 19.1 Å². The van der Waals surface area contributed by atoms with Gasteiger partial charge in [-0.2, -0.15) is 5.10 Å². The van der Waals surface area contributed by atoms with Gasteiger partial charge in [0.1, 0.15) is 6.10 Å². The fraction of sp³-hybridized carbons (Fsp3) is 0.333. The van der Waals surface area contributed by atoms with Crippen LogP contribution in [0.1, 0.15) is 6.92 Å². The van der Waals surface area contributed by atoms with Crippen LogP contribution in [0.5, 0.6) is 5.88 Å². The number of benzene rings is 1. The van der Waals surface area contributed by atoms with Gasteiger partial charge >= 0.3 is 0 Å². The van der Waals surface area contributed by atoms with E-state index in [1.54, 1.807) is 30.5 Å². The van der Waals surface area contributed by atoms with Crippen LogP contribution >= 0.6 is 11.6 Å². The number of anilines is 3. The molecule has 0 saturated carbocycles. The Morgan fingerprint density at radius 2 is 2.20 bits per heavy atom. The standard InChI is InChI=1S/C24H25ClN8O7/c1-24(37,23(36)28-13-2-3-16-17(8-13)40-31-21(16)26)20-22(35)32(6-7-38-20)18-4-5-33(30-18)14-9-19(29-27-11-14)39-15(10-25)12-34/h2-5,8-9,11,15,20,34,37H,6-7,10,12H2,1H3,(H2,26,31)(H,28,36). The van der Waals surface area contributed by atoms with Crippen LogP contribution in [0.25, 0.3) is 16.7 Å². The van der Waals surface area contributed by atoms with E-state index < -0.39 is 29.6 Å². The lowest BCUT2D eigenvalue weighted by Gasteiger charge is -2.37. The number of fused-ring (bicyclic) bond motifs is 1. The predicted octanol–water partition coefficient (Wildman–Crippen LogP) is 0.486. The number of alkyl halides is 1. The first-order valence-electron chi connectivity index (χ1n) is 12.0. The fourth-order valence-corrected chi connectivity index (χ4v) is 4.20. The molecule has 3 unspecified atom stereocenters. The fourth-order valence-electron chi connectivity index (χ4n) is 4.04. The molecule has 4 aromatic rings. The van der Waals surface area contributed by atoms with Gasteiger partial charge in [0.05, 0.1) is 42.9 Å². The maximum atomic E-state index is 13.4. The van der Waals surface area contributed by atoms with Gasteiger partial charge in [0.15, 0.2) is 28.9 Å². The molecule has 5 N–H and O–H groups in total. The smallest absolute Gasteiger partial charge is 0.260 e. The molecule has 0 aliphatic carbocycles. The van der Waals surface area contributed by atoms with Gasteiger partial charge < -0.3 is 35.3 Å². The van der Waals surface area contributed by atoms with Crippen molar-refractivity contribution in [2.75, 3.05) is 41.6 Å². The highest BCUT2D eigenvalue weighted by molar-refractivity contribution is 6.18. The summed E-state index contributed by atoms with van der Waals surface area (Å²) in [7, 11) is 0. The van der Waals surface area contributed by atoms with Crippen molar-refractivity contribution in [3.63, 3.8) is 0 Å². The van der Waals surface area contributed by atoms with Gasteiger partial charge in [-0.15, -0.1) is 21.8 Å². The Bertz CT molecular complexity index is 1540. The number of ether oxygens (including phenoxy) is 2. The van der Waals surface area contributed by atoms with Gasteiger partial charge in [0, 0.05) is 30.1 Å². The molecule has 40 heavy (non-hydrogen) atoms. The lowest BCUT2D eigenvalue weighted by molar-refractivity contribution is -0.165. The van der Waals surface area contributed by atoms with Crippen LogP contribution in [-0.4, -0.2) is 90.6 Å². The molecule has 16 heteroatoms. The second-order valence-electron chi connectivity index (χ2n) is 9.07. The minimum Gasteiger partial charge on any atom is -0.470 e. The number of aromatic nitrogens is 5. The molecule has 1 aliphatic rings. The lowest BCUT2D eigenvalue weighted by atomic mass is 9.95. The molecule has 0 radical (unpaired) electrons. The first-order chi connectivity index (χ1) is 19.2. The number of nitrogens with zero attached hydrogens (tertiary/aromatic N) is 6. The number of aliphatic hydroxyl groups is 2. The van der Waals surface area contributed by atoms with Crippen molar-refractivity contribution in [3.8, 4) is 11.6 Å². The van der Waals surface area contributed by atoms with Crippen molar-refractivity contribution in [1.29, 1.82) is 0 Å². The topological polar surface area (TPSA) is 204 Å². The Balaban J connectivity index is 1.31. The van der Waals surface area contributed by atoms with Crippen LogP contribution in [0.2, 0.25) is 0 Å². The van der Waals surface area contributed by atoms with E-state index in [1.165, 1.54) is 28.8 Å². The number of rotatable bonds is 9. The quantitative estimate of drug-likeness (QED) is 0.202. The zero-order valence-electron chi connectivity index (χ0n) is 21.1. The van der Waals surface area contributed by atoms with E-state index in [0.29, 0.717) is 22.3 Å². The third-order valence-electron chi connectivity index (χ3n) is 6.21. The SMILES string of the molecule is CC(O)(C(=O)Nc1ccc2c(N)noc2c1)C1OCCN(c2ccn(-c3cnnc(OC(CO)CCl)c3)n2)C1=O. The number of morpholine rings is 1. The highest BCUT2D eigenvalue weighted by Crippen LogP contribution is 2.27. The number of halogens is 1. The highest BCUT2D eigenvalue weighted by Gasteiger charge is 2.49. The first-order valence-corrected chi connectivity index (χ1v) is 12.6. The van der Waals surface area contributed by atoms with Crippen LogP contribution in [0.3, 0.4) is 0 Å². The molecule has 15 nitrogen and oxygen atoms in total. The third kappa shape index (κ3) is 5.27. The van der Waals surface area contributed by atoms with E-state index in [2.05, 4.69) is 25.8 Å². The summed E-state index contributed by atoms with van der Waals surface area (Å²) in [6.07, 6.45) is 0.860. The molecule has 1 fully saturated rings. The largest absolute Gasteiger partial charge is 0.470 e. The molecule has 0 spiro atoms. The number of hydrogen-bond acceptors (Lipinski definition) is 12. The first kappa shape index (κ1) is 27.3. The molecule has 1 aromatic carbocycles. The Morgan fingerprint density at radius 1 is 1.38 bits per heavy atom. The molecular formula is C24H25ClN8O7. The summed E-state index contributed by atoms with van der Waals surface area (Å²) >= 11 is 5.75. The Labute approximate surface area is 231 Å². The molecule has 5 rings (SSSR count). The molecular weight excluding hydrogens is 548 g/mol.